The first-order valence-corrected chi connectivity index (χ1v) is 8.77. The van der Waals surface area contributed by atoms with E-state index in [1.54, 1.807) is 0 Å². The van der Waals surface area contributed by atoms with Crippen molar-refractivity contribution in [3.63, 3.8) is 0 Å². The van der Waals surface area contributed by atoms with E-state index in [9.17, 15) is 5.11 Å². The van der Waals surface area contributed by atoms with E-state index in [4.69, 9.17) is 4.74 Å². The molecule has 4 rings (SSSR count). The number of para-hydroxylation sites is 1. The van der Waals surface area contributed by atoms with Crippen molar-refractivity contribution in [2.75, 3.05) is 0 Å². The average Bonchev–Trinajstić information content (AvgIpc) is 3.03. The van der Waals surface area contributed by atoms with E-state index in [0.29, 0.717) is 11.8 Å². The zero-order valence-corrected chi connectivity index (χ0v) is 14.4. The molecule has 0 spiro atoms. The van der Waals surface area contributed by atoms with Crippen LogP contribution in [0.5, 0.6) is 5.75 Å². The largest absolute Gasteiger partial charge is 0.490 e. The molecule has 1 aliphatic rings. The number of aromatic nitrogens is 2. The molecule has 0 radical (unpaired) electrons. The Hall–Kier alpha value is -2.59. The van der Waals surface area contributed by atoms with Gasteiger partial charge in [0, 0.05) is 5.56 Å². The third-order valence-corrected chi connectivity index (χ3v) is 4.75. The Labute approximate surface area is 147 Å². The maximum absolute atomic E-state index is 9.55. The van der Waals surface area contributed by atoms with Crippen LogP contribution in [0.2, 0.25) is 0 Å². The van der Waals surface area contributed by atoms with Gasteiger partial charge in [-0.2, -0.15) is 5.10 Å². The lowest BCUT2D eigenvalue weighted by atomic mass is 9.96. The Bertz CT molecular complexity index is 881. The summed E-state index contributed by atoms with van der Waals surface area (Å²) in [6.07, 6.45) is 3.88. The molecule has 0 amide bonds. The van der Waals surface area contributed by atoms with Crippen LogP contribution in [0.4, 0.5) is 0 Å². The van der Waals surface area contributed by atoms with Crippen molar-refractivity contribution in [3.05, 3.63) is 65.9 Å². The van der Waals surface area contributed by atoms with Crippen molar-refractivity contribution < 1.29 is 9.84 Å². The van der Waals surface area contributed by atoms with Crippen molar-refractivity contribution in [2.45, 2.75) is 38.9 Å². The summed E-state index contributed by atoms with van der Waals surface area (Å²) in [4.78, 5) is 0. The first-order chi connectivity index (χ1) is 12.2. The Morgan fingerprint density at radius 3 is 2.68 bits per heavy atom. The molecule has 0 atom stereocenters. The van der Waals surface area contributed by atoms with Crippen molar-refractivity contribution in [1.82, 2.24) is 9.78 Å². The van der Waals surface area contributed by atoms with Gasteiger partial charge in [-0.3, -0.25) is 0 Å². The number of aryl methyl sites for hydroxylation is 1. The Morgan fingerprint density at radius 1 is 1.12 bits per heavy atom. The zero-order chi connectivity index (χ0) is 17.2. The van der Waals surface area contributed by atoms with Gasteiger partial charge in [0.25, 0.3) is 0 Å². The van der Waals surface area contributed by atoms with E-state index in [0.717, 1.165) is 41.1 Å². The summed E-state index contributed by atoms with van der Waals surface area (Å²) >= 11 is 0. The molecule has 3 aromatic rings. The van der Waals surface area contributed by atoms with Gasteiger partial charge in [0.2, 0.25) is 0 Å². The van der Waals surface area contributed by atoms with E-state index in [1.807, 2.05) is 41.1 Å². The zero-order valence-electron chi connectivity index (χ0n) is 14.4. The molecule has 1 fully saturated rings. The standard InChI is InChI=1S/C21H22N2O2/c1-15-6-2-3-11-20(15)23-21(13-17(14-24)22-23)16-7-4-10-19(12-16)25-18-8-5-9-18/h2-4,6-7,10-13,18,24H,5,8-9,14H2,1H3. The minimum absolute atomic E-state index is 0.0792. The van der Waals surface area contributed by atoms with Crippen LogP contribution in [0.15, 0.2) is 54.6 Å². The smallest absolute Gasteiger partial charge is 0.120 e. The molecule has 4 nitrogen and oxygen atoms in total. The summed E-state index contributed by atoms with van der Waals surface area (Å²) in [6.45, 7) is 1.99. The van der Waals surface area contributed by atoms with Gasteiger partial charge in [0.1, 0.15) is 5.75 Å². The van der Waals surface area contributed by atoms with Gasteiger partial charge < -0.3 is 9.84 Å². The molecule has 25 heavy (non-hydrogen) atoms. The van der Waals surface area contributed by atoms with Gasteiger partial charge in [-0.25, -0.2) is 4.68 Å². The second kappa shape index (κ2) is 6.73. The fraction of sp³-hybridized carbons (Fsp3) is 0.286. The highest BCUT2D eigenvalue weighted by Gasteiger charge is 2.19. The Kier molecular flexibility index (Phi) is 4.28. The summed E-state index contributed by atoms with van der Waals surface area (Å²) in [5.74, 6) is 0.894. The van der Waals surface area contributed by atoms with Crippen molar-refractivity contribution in [3.8, 4) is 22.7 Å². The third-order valence-electron chi connectivity index (χ3n) is 4.75. The molecule has 0 bridgehead atoms. The van der Waals surface area contributed by atoms with Crippen molar-refractivity contribution in [1.29, 1.82) is 0 Å². The molecule has 128 valence electrons. The molecular weight excluding hydrogens is 312 g/mol. The molecule has 1 N–H and O–H groups in total. The lowest BCUT2D eigenvalue weighted by Crippen LogP contribution is -2.24. The highest BCUT2D eigenvalue weighted by Crippen LogP contribution is 2.30. The second-order valence-electron chi connectivity index (χ2n) is 6.58. The number of rotatable bonds is 5. The van der Waals surface area contributed by atoms with Gasteiger partial charge in [0.05, 0.1) is 29.8 Å². The van der Waals surface area contributed by atoms with Crippen LogP contribution in [0.25, 0.3) is 16.9 Å². The minimum Gasteiger partial charge on any atom is -0.490 e. The van der Waals surface area contributed by atoms with E-state index >= 15 is 0 Å². The fourth-order valence-corrected chi connectivity index (χ4v) is 3.11. The maximum atomic E-state index is 9.55. The minimum atomic E-state index is -0.0792. The normalized spacial score (nSPS) is 14.3. The van der Waals surface area contributed by atoms with Gasteiger partial charge in [-0.05, 0) is 56.0 Å². The van der Waals surface area contributed by atoms with Crippen LogP contribution in [-0.2, 0) is 6.61 Å². The number of nitrogens with zero attached hydrogens (tertiary/aromatic N) is 2. The average molecular weight is 334 g/mol. The predicted molar refractivity (Wildman–Crippen MR) is 97.9 cm³/mol. The van der Waals surface area contributed by atoms with Crippen LogP contribution < -0.4 is 4.74 Å². The highest BCUT2D eigenvalue weighted by atomic mass is 16.5. The van der Waals surface area contributed by atoms with Crippen LogP contribution in [0, 0.1) is 6.92 Å². The third kappa shape index (κ3) is 3.17. The van der Waals surface area contributed by atoms with Crippen molar-refractivity contribution >= 4 is 0 Å². The van der Waals surface area contributed by atoms with Gasteiger partial charge in [-0.1, -0.05) is 30.3 Å². The molecule has 0 aliphatic heterocycles. The second-order valence-corrected chi connectivity index (χ2v) is 6.58. The van der Waals surface area contributed by atoms with Gasteiger partial charge in [0.15, 0.2) is 0 Å². The molecule has 1 aromatic heterocycles. The number of benzene rings is 2. The lowest BCUT2D eigenvalue weighted by molar-refractivity contribution is 0.120. The van der Waals surface area contributed by atoms with Crippen LogP contribution >= 0.6 is 0 Å². The molecule has 4 heteroatoms. The lowest BCUT2D eigenvalue weighted by Gasteiger charge is -2.26. The van der Waals surface area contributed by atoms with Crippen LogP contribution in [-0.4, -0.2) is 21.0 Å². The monoisotopic (exact) mass is 334 g/mol. The fourth-order valence-electron chi connectivity index (χ4n) is 3.11. The summed E-state index contributed by atoms with van der Waals surface area (Å²) < 4.78 is 7.94. The molecule has 1 saturated carbocycles. The Morgan fingerprint density at radius 2 is 1.96 bits per heavy atom. The first kappa shape index (κ1) is 15.9. The molecule has 1 aliphatic carbocycles. The topological polar surface area (TPSA) is 47.3 Å². The van der Waals surface area contributed by atoms with Gasteiger partial charge in [-0.15, -0.1) is 0 Å². The molecule has 0 unspecified atom stereocenters. The molecule has 2 aromatic carbocycles. The SMILES string of the molecule is Cc1ccccc1-n1nc(CO)cc1-c1cccc(OC2CCC2)c1. The van der Waals surface area contributed by atoms with Crippen molar-refractivity contribution in [2.24, 2.45) is 0 Å². The predicted octanol–water partition coefficient (Wildman–Crippen LogP) is 4.27. The number of aliphatic hydroxyl groups excluding tert-OH is 1. The van der Waals surface area contributed by atoms with Crippen LogP contribution in [0.3, 0.4) is 0 Å². The number of hydrogen-bond donors (Lipinski definition) is 1. The Balaban J connectivity index is 1.76. The van der Waals surface area contributed by atoms with E-state index in [1.165, 1.54) is 6.42 Å². The number of hydrogen-bond acceptors (Lipinski definition) is 3. The summed E-state index contributed by atoms with van der Waals surface area (Å²) in [5.41, 5.74) is 4.80. The summed E-state index contributed by atoms with van der Waals surface area (Å²) in [5, 5.41) is 14.1. The molecule has 1 heterocycles. The van der Waals surface area contributed by atoms with E-state index in [2.05, 4.69) is 30.2 Å². The van der Waals surface area contributed by atoms with Gasteiger partial charge >= 0.3 is 0 Å². The summed E-state index contributed by atoms with van der Waals surface area (Å²) in [7, 11) is 0. The molecule has 0 saturated heterocycles. The van der Waals surface area contributed by atoms with E-state index < -0.39 is 0 Å². The quantitative estimate of drug-likeness (QED) is 0.758. The highest BCUT2D eigenvalue weighted by molar-refractivity contribution is 5.65. The first-order valence-electron chi connectivity index (χ1n) is 8.77. The summed E-state index contributed by atoms with van der Waals surface area (Å²) in [6, 6.07) is 18.2. The van der Waals surface area contributed by atoms with Crippen LogP contribution in [0.1, 0.15) is 30.5 Å². The number of ether oxygens (including phenoxy) is 1. The number of aliphatic hydroxyl groups is 1. The molecular formula is C21H22N2O2. The maximum Gasteiger partial charge on any atom is 0.120 e. The van der Waals surface area contributed by atoms with E-state index in [-0.39, 0.29) is 6.61 Å².